The number of benzene rings is 1. The molecule has 3 fully saturated rings. The molecule has 3 aliphatic rings. The van der Waals surface area contributed by atoms with Gasteiger partial charge in [0.25, 0.3) is 0 Å². The maximum Gasteiger partial charge on any atom is 0.410 e. The third kappa shape index (κ3) is 5.45. The number of pyridine rings is 1. The van der Waals surface area contributed by atoms with Gasteiger partial charge in [-0.1, -0.05) is 11.6 Å². The Morgan fingerprint density at radius 2 is 1.90 bits per heavy atom. The van der Waals surface area contributed by atoms with Crippen molar-refractivity contribution in [3.05, 3.63) is 41.2 Å². The van der Waals surface area contributed by atoms with Crippen molar-refractivity contribution in [1.29, 1.82) is 0 Å². The van der Waals surface area contributed by atoms with Gasteiger partial charge in [0.1, 0.15) is 28.2 Å². The van der Waals surface area contributed by atoms with Gasteiger partial charge in [0, 0.05) is 25.2 Å². The van der Waals surface area contributed by atoms with E-state index in [0.29, 0.717) is 13.1 Å². The third-order valence-electron chi connectivity index (χ3n) is 6.49. The van der Waals surface area contributed by atoms with Crippen molar-refractivity contribution in [2.45, 2.75) is 57.9 Å². The number of fused-ring (bicyclic) bond motifs is 4. The van der Waals surface area contributed by atoms with E-state index in [2.05, 4.69) is 25.0 Å². The van der Waals surface area contributed by atoms with Crippen LogP contribution in [0.4, 0.5) is 39.7 Å². The van der Waals surface area contributed by atoms with Crippen molar-refractivity contribution in [3.63, 3.8) is 0 Å². The molecule has 1 unspecified atom stereocenters. The monoisotopic (exact) mass is 568 g/mol. The highest BCUT2D eigenvalue weighted by Gasteiger charge is 2.43. The standard InChI is InChI=1S/C25H25ClF4N6O3/c1-25(2,3)39-24(37)36-10-12-4-5-13(36)9-35(12)22-14(27)8-16-20(34-22)21(32-11-31-16)33-15-6-7-17(38-23(29)30)18(26)19(15)28/h6-8,11-13,23H,4-5,9-10H2,1-3H3,(H,31,32,33)/t12?,13-/m0/s1. The van der Waals surface area contributed by atoms with Crippen LogP contribution in [-0.2, 0) is 4.74 Å². The fourth-order valence-corrected chi connectivity index (χ4v) is 5.03. The second-order valence-electron chi connectivity index (χ2n) is 10.3. The minimum atomic E-state index is -3.18. The number of ether oxygens (including phenoxy) is 2. The average molecular weight is 569 g/mol. The first kappa shape index (κ1) is 27.0. The molecule has 2 aromatic heterocycles. The number of alkyl halides is 2. The molecule has 1 aromatic carbocycles. The molecule has 0 aliphatic carbocycles. The first-order chi connectivity index (χ1) is 18.4. The van der Waals surface area contributed by atoms with Gasteiger partial charge < -0.3 is 24.6 Å². The van der Waals surface area contributed by atoms with Crippen molar-refractivity contribution in [3.8, 4) is 5.75 Å². The van der Waals surface area contributed by atoms with Crippen LogP contribution in [0.15, 0.2) is 24.5 Å². The molecule has 2 bridgehead atoms. The summed E-state index contributed by atoms with van der Waals surface area (Å²) in [5.41, 5.74) is -0.499. The van der Waals surface area contributed by atoms with Gasteiger partial charge in [-0.3, -0.25) is 0 Å². The SMILES string of the molecule is CC(C)(C)OC(=O)N1CC2CC[C@H]1CN2c1nc2c(Nc3ccc(OC(F)F)c(Cl)c3F)ncnc2cc1F. The van der Waals surface area contributed by atoms with Crippen LogP contribution in [0, 0.1) is 11.6 Å². The first-order valence-electron chi connectivity index (χ1n) is 12.2. The number of halogens is 5. The lowest BCUT2D eigenvalue weighted by molar-refractivity contribution is -0.0499. The molecule has 0 radical (unpaired) electrons. The zero-order valence-electron chi connectivity index (χ0n) is 21.2. The predicted octanol–water partition coefficient (Wildman–Crippen LogP) is 5.89. The van der Waals surface area contributed by atoms with E-state index in [1.807, 2.05) is 4.90 Å². The second-order valence-corrected chi connectivity index (χ2v) is 10.7. The molecule has 6 rings (SSSR count). The Morgan fingerprint density at radius 3 is 2.56 bits per heavy atom. The number of amides is 1. The fraction of sp³-hybridized carbons (Fsp3) is 0.440. The molecule has 1 amide bonds. The van der Waals surface area contributed by atoms with Gasteiger partial charge in [-0.15, -0.1) is 0 Å². The van der Waals surface area contributed by atoms with Crippen LogP contribution in [0.3, 0.4) is 0 Å². The molecule has 1 N–H and O–H groups in total. The minimum Gasteiger partial charge on any atom is -0.444 e. The molecular formula is C25H25ClF4N6O3. The Hall–Kier alpha value is -3.61. The highest BCUT2D eigenvalue weighted by Crippen LogP contribution is 2.37. The van der Waals surface area contributed by atoms with E-state index in [1.165, 1.54) is 6.07 Å². The Bertz CT molecular complexity index is 1420. The average Bonchev–Trinajstić information content (AvgIpc) is 2.87. The molecule has 3 aliphatic heterocycles. The smallest absolute Gasteiger partial charge is 0.410 e. The third-order valence-corrected chi connectivity index (χ3v) is 6.84. The van der Waals surface area contributed by atoms with E-state index in [9.17, 15) is 18.0 Å². The lowest BCUT2D eigenvalue weighted by Gasteiger charge is -2.51. The number of nitrogens with zero attached hydrogens (tertiary/aromatic N) is 5. The van der Waals surface area contributed by atoms with Crippen molar-refractivity contribution < 1.29 is 31.8 Å². The summed E-state index contributed by atoms with van der Waals surface area (Å²) in [6, 6.07) is 3.08. The number of hydrogen-bond acceptors (Lipinski definition) is 8. The lowest BCUT2D eigenvalue weighted by Crippen LogP contribution is -2.64. The van der Waals surface area contributed by atoms with Crippen LogP contribution < -0.4 is 15.0 Å². The molecule has 208 valence electrons. The van der Waals surface area contributed by atoms with Crippen LogP contribution in [0.25, 0.3) is 11.0 Å². The largest absolute Gasteiger partial charge is 0.444 e. The fourth-order valence-electron chi connectivity index (χ4n) is 4.82. The minimum absolute atomic E-state index is 0.0521. The van der Waals surface area contributed by atoms with E-state index < -0.39 is 40.7 Å². The molecule has 3 aromatic rings. The number of piperidine rings is 2. The van der Waals surface area contributed by atoms with E-state index in [-0.39, 0.29) is 40.4 Å². The molecule has 39 heavy (non-hydrogen) atoms. The highest BCUT2D eigenvalue weighted by atomic mass is 35.5. The van der Waals surface area contributed by atoms with E-state index in [0.717, 1.165) is 31.3 Å². The lowest BCUT2D eigenvalue weighted by atomic mass is 9.91. The topological polar surface area (TPSA) is 92.7 Å². The molecule has 5 heterocycles. The van der Waals surface area contributed by atoms with Gasteiger partial charge in [0.05, 0.1) is 17.2 Å². The number of carbonyl (C=O) groups excluding carboxylic acids is 1. The summed E-state index contributed by atoms with van der Waals surface area (Å²) in [7, 11) is 0. The molecule has 2 atom stereocenters. The Morgan fingerprint density at radius 1 is 1.15 bits per heavy atom. The van der Waals surface area contributed by atoms with Crippen molar-refractivity contribution >= 4 is 46.1 Å². The van der Waals surface area contributed by atoms with Gasteiger partial charge in [0.15, 0.2) is 23.3 Å². The molecule has 14 heteroatoms. The Kier molecular flexibility index (Phi) is 7.04. The van der Waals surface area contributed by atoms with E-state index in [1.54, 1.807) is 25.7 Å². The number of carbonyl (C=O) groups is 1. The summed E-state index contributed by atoms with van der Waals surface area (Å²) in [6.45, 7) is 2.93. The number of anilines is 3. The first-order valence-corrected chi connectivity index (χ1v) is 12.6. The summed E-state index contributed by atoms with van der Waals surface area (Å²) in [5, 5.41) is 2.10. The van der Waals surface area contributed by atoms with Crippen LogP contribution in [0.1, 0.15) is 33.6 Å². The highest BCUT2D eigenvalue weighted by molar-refractivity contribution is 6.32. The Labute approximate surface area is 226 Å². The summed E-state index contributed by atoms with van der Waals surface area (Å²) >= 11 is 5.87. The number of piperazine rings is 1. The van der Waals surface area contributed by atoms with Crippen molar-refractivity contribution in [2.75, 3.05) is 23.3 Å². The summed E-state index contributed by atoms with van der Waals surface area (Å²) in [6.07, 6.45) is 2.22. The molecule has 0 saturated carbocycles. The summed E-state index contributed by atoms with van der Waals surface area (Å²) in [4.78, 5) is 28.9. The van der Waals surface area contributed by atoms with Gasteiger partial charge in [-0.2, -0.15) is 8.78 Å². The quantitative estimate of drug-likeness (QED) is 0.381. The van der Waals surface area contributed by atoms with E-state index >= 15 is 4.39 Å². The van der Waals surface area contributed by atoms with Gasteiger partial charge >= 0.3 is 12.7 Å². The summed E-state index contributed by atoms with van der Waals surface area (Å²) in [5.74, 6) is -2.06. The molecular weight excluding hydrogens is 544 g/mol. The predicted molar refractivity (Wildman–Crippen MR) is 136 cm³/mol. The number of hydrogen-bond donors (Lipinski definition) is 1. The number of aromatic nitrogens is 3. The second kappa shape index (κ2) is 10.2. The molecule has 0 spiro atoms. The maximum atomic E-state index is 15.3. The van der Waals surface area contributed by atoms with Crippen molar-refractivity contribution in [1.82, 2.24) is 19.9 Å². The zero-order valence-corrected chi connectivity index (χ0v) is 22.0. The number of nitrogens with one attached hydrogen (secondary N) is 1. The van der Waals surface area contributed by atoms with Crippen LogP contribution in [0.5, 0.6) is 5.75 Å². The maximum absolute atomic E-state index is 15.3. The van der Waals surface area contributed by atoms with Crippen molar-refractivity contribution in [2.24, 2.45) is 0 Å². The zero-order chi connectivity index (χ0) is 28.1. The van der Waals surface area contributed by atoms with Gasteiger partial charge in [0.2, 0.25) is 0 Å². The summed E-state index contributed by atoms with van der Waals surface area (Å²) < 4.78 is 65.0. The normalized spacial score (nSPS) is 19.1. The van der Waals surface area contributed by atoms with Gasteiger partial charge in [-0.25, -0.2) is 28.5 Å². The number of rotatable bonds is 5. The molecule has 3 saturated heterocycles. The molecule has 9 nitrogen and oxygen atoms in total. The van der Waals surface area contributed by atoms with Crippen LogP contribution >= 0.6 is 11.6 Å². The van der Waals surface area contributed by atoms with Gasteiger partial charge in [-0.05, 0) is 45.7 Å². The van der Waals surface area contributed by atoms with Crippen LogP contribution in [-0.4, -0.2) is 63.3 Å². The Balaban J connectivity index is 1.44. The van der Waals surface area contributed by atoms with E-state index in [4.69, 9.17) is 16.3 Å². The van der Waals surface area contributed by atoms with Crippen LogP contribution in [0.2, 0.25) is 5.02 Å².